The van der Waals surface area contributed by atoms with Crippen LogP contribution in [0.2, 0.25) is 0 Å². The highest BCUT2D eigenvalue weighted by molar-refractivity contribution is 7.80. The van der Waals surface area contributed by atoms with Gasteiger partial charge in [0.05, 0.1) is 5.69 Å². The van der Waals surface area contributed by atoms with Crippen LogP contribution in [0.4, 0.5) is 5.69 Å². The maximum atomic E-state index is 12.2. The lowest BCUT2D eigenvalue weighted by Gasteiger charge is -2.17. The van der Waals surface area contributed by atoms with Gasteiger partial charge in [-0.05, 0) is 30.9 Å². The fraction of sp³-hybridized carbons (Fsp3) is 0.429. The predicted molar refractivity (Wildman–Crippen MR) is 79.2 cm³/mol. The molecule has 2 rings (SSSR count). The van der Waals surface area contributed by atoms with Gasteiger partial charge in [-0.15, -0.1) is 0 Å². The summed E-state index contributed by atoms with van der Waals surface area (Å²) in [7, 11) is 0. The van der Waals surface area contributed by atoms with Crippen molar-refractivity contribution in [2.75, 3.05) is 11.9 Å². The first-order valence-electron chi connectivity index (χ1n) is 6.32. The third-order valence-electron chi connectivity index (χ3n) is 3.42. The molecule has 1 aromatic carbocycles. The molecule has 5 heteroatoms. The third kappa shape index (κ3) is 2.93. The van der Waals surface area contributed by atoms with E-state index in [2.05, 4.69) is 5.32 Å². The van der Waals surface area contributed by atoms with Crippen molar-refractivity contribution in [1.82, 2.24) is 0 Å². The average Bonchev–Trinajstić information content (AvgIpc) is 2.75. The zero-order valence-corrected chi connectivity index (χ0v) is 11.9. The van der Waals surface area contributed by atoms with E-state index in [-0.39, 0.29) is 22.9 Å². The smallest absolute Gasteiger partial charge is 0.253 e. The Morgan fingerprint density at radius 3 is 2.84 bits per heavy atom. The van der Waals surface area contributed by atoms with E-state index in [1.807, 2.05) is 26.0 Å². The van der Waals surface area contributed by atoms with Gasteiger partial charge in [0.15, 0.2) is 0 Å². The van der Waals surface area contributed by atoms with Crippen LogP contribution in [0.3, 0.4) is 0 Å². The monoisotopic (exact) mass is 278 g/mol. The van der Waals surface area contributed by atoms with Crippen molar-refractivity contribution in [2.24, 2.45) is 11.7 Å². The van der Waals surface area contributed by atoms with E-state index in [0.29, 0.717) is 12.3 Å². The summed E-state index contributed by atoms with van der Waals surface area (Å²) in [6, 6.07) is 5.59. The minimum Gasteiger partial charge on any atom is -0.389 e. The van der Waals surface area contributed by atoms with Crippen molar-refractivity contribution < 1.29 is 9.53 Å². The topological polar surface area (TPSA) is 64.3 Å². The number of nitrogens with one attached hydrogen (secondary N) is 1. The number of aryl methyl sites for hydroxylation is 1. The van der Waals surface area contributed by atoms with E-state index in [0.717, 1.165) is 17.5 Å². The molecule has 1 heterocycles. The first-order valence-corrected chi connectivity index (χ1v) is 6.73. The van der Waals surface area contributed by atoms with Crippen LogP contribution >= 0.6 is 12.2 Å². The van der Waals surface area contributed by atoms with E-state index in [9.17, 15) is 4.79 Å². The van der Waals surface area contributed by atoms with Crippen molar-refractivity contribution in [3.63, 3.8) is 0 Å². The van der Waals surface area contributed by atoms with Crippen LogP contribution in [0.15, 0.2) is 18.2 Å². The van der Waals surface area contributed by atoms with Crippen molar-refractivity contribution in [3.8, 4) is 0 Å². The quantitative estimate of drug-likeness (QED) is 0.830. The van der Waals surface area contributed by atoms with Gasteiger partial charge in [0.25, 0.3) is 5.91 Å². The summed E-state index contributed by atoms with van der Waals surface area (Å²) < 4.78 is 5.45. The molecule has 0 aliphatic carbocycles. The molecule has 1 aromatic rings. The second-order valence-corrected chi connectivity index (χ2v) is 5.35. The molecular formula is C14H18N2O2S. The second-order valence-electron chi connectivity index (χ2n) is 4.91. The van der Waals surface area contributed by atoms with E-state index in [4.69, 9.17) is 22.7 Å². The summed E-state index contributed by atoms with van der Waals surface area (Å²) in [5, 5.41) is 2.87. The molecule has 102 valence electrons. The molecule has 0 radical (unpaired) electrons. The van der Waals surface area contributed by atoms with E-state index in [1.165, 1.54) is 0 Å². The minimum absolute atomic E-state index is 0.131. The van der Waals surface area contributed by atoms with Crippen molar-refractivity contribution >= 4 is 28.8 Å². The number of benzene rings is 1. The first kappa shape index (κ1) is 14.0. The molecule has 2 atom stereocenters. The molecule has 1 saturated heterocycles. The number of hydrogen-bond donors (Lipinski definition) is 2. The summed E-state index contributed by atoms with van der Waals surface area (Å²) in [4.78, 5) is 12.5. The summed E-state index contributed by atoms with van der Waals surface area (Å²) in [6.07, 6.45) is 0.522. The normalized spacial score (nSPS) is 22.2. The Morgan fingerprint density at radius 1 is 1.53 bits per heavy atom. The molecule has 1 amide bonds. The van der Waals surface area contributed by atoms with E-state index in [1.54, 1.807) is 6.07 Å². The van der Waals surface area contributed by atoms with Crippen LogP contribution in [0.1, 0.15) is 24.5 Å². The lowest BCUT2D eigenvalue weighted by molar-refractivity contribution is -0.126. The Balaban J connectivity index is 2.21. The van der Waals surface area contributed by atoms with Gasteiger partial charge in [-0.2, -0.15) is 0 Å². The summed E-state index contributed by atoms with van der Waals surface area (Å²) >= 11 is 5.04. The summed E-state index contributed by atoms with van der Waals surface area (Å²) in [6.45, 7) is 4.57. The number of thiocarbonyl (C=S) groups is 1. The first-order chi connectivity index (χ1) is 9.00. The molecule has 1 fully saturated rings. The Morgan fingerprint density at radius 2 is 2.26 bits per heavy atom. The number of anilines is 1. The molecule has 3 N–H and O–H groups in total. The molecule has 19 heavy (non-hydrogen) atoms. The Kier molecular flexibility index (Phi) is 4.17. The molecular weight excluding hydrogens is 260 g/mol. The zero-order valence-electron chi connectivity index (χ0n) is 11.1. The molecule has 2 unspecified atom stereocenters. The standard InChI is InChI=1S/C14H18N2O2S/c1-8-4-3-5-10(11(8)13(15)19)16-14(17)12-9(2)6-7-18-12/h3-5,9,12H,6-7H2,1-2H3,(H2,15,19)(H,16,17). The van der Waals surface area contributed by atoms with E-state index < -0.39 is 0 Å². The van der Waals surface area contributed by atoms with Crippen molar-refractivity contribution in [3.05, 3.63) is 29.3 Å². The summed E-state index contributed by atoms with van der Waals surface area (Å²) in [5.41, 5.74) is 8.04. The predicted octanol–water partition coefficient (Wildman–Crippen LogP) is 1.99. The van der Waals surface area contributed by atoms with Gasteiger partial charge in [0, 0.05) is 12.2 Å². The fourth-order valence-electron chi connectivity index (χ4n) is 2.33. The van der Waals surface area contributed by atoms with Crippen molar-refractivity contribution in [2.45, 2.75) is 26.4 Å². The summed E-state index contributed by atoms with van der Waals surface area (Å²) in [5.74, 6) is 0.103. The van der Waals surface area contributed by atoms with Gasteiger partial charge in [-0.3, -0.25) is 4.79 Å². The van der Waals surface area contributed by atoms with E-state index >= 15 is 0 Å². The molecule has 1 aliphatic heterocycles. The number of amides is 1. The molecule has 1 aliphatic rings. The highest BCUT2D eigenvalue weighted by Crippen LogP contribution is 2.24. The number of carbonyl (C=O) groups excluding carboxylic acids is 1. The highest BCUT2D eigenvalue weighted by Gasteiger charge is 2.31. The van der Waals surface area contributed by atoms with Gasteiger partial charge in [0.2, 0.25) is 0 Å². The Labute approximate surface area is 118 Å². The highest BCUT2D eigenvalue weighted by atomic mass is 32.1. The van der Waals surface area contributed by atoms with Crippen LogP contribution in [-0.2, 0) is 9.53 Å². The molecule has 0 spiro atoms. The van der Waals surface area contributed by atoms with Crippen LogP contribution in [0.5, 0.6) is 0 Å². The molecule has 0 bridgehead atoms. The fourth-order valence-corrected chi connectivity index (χ4v) is 2.60. The SMILES string of the molecule is Cc1cccc(NC(=O)C2OCCC2C)c1C(N)=S. The van der Waals surface area contributed by atoms with Gasteiger partial charge in [0.1, 0.15) is 11.1 Å². The van der Waals surface area contributed by atoms with Crippen LogP contribution in [0, 0.1) is 12.8 Å². The second kappa shape index (κ2) is 5.67. The average molecular weight is 278 g/mol. The Hall–Kier alpha value is -1.46. The lowest BCUT2D eigenvalue weighted by Crippen LogP contribution is -2.32. The van der Waals surface area contributed by atoms with Crippen LogP contribution in [0.25, 0.3) is 0 Å². The van der Waals surface area contributed by atoms with Crippen LogP contribution in [-0.4, -0.2) is 23.6 Å². The third-order valence-corrected chi connectivity index (χ3v) is 3.63. The minimum atomic E-state index is -0.389. The van der Waals surface area contributed by atoms with Crippen LogP contribution < -0.4 is 11.1 Å². The molecule has 4 nitrogen and oxygen atoms in total. The maximum Gasteiger partial charge on any atom is 0.253 e. The number of hydrogen-bond acceptors (Lipinski definition) is 3. The molecule has 0 aromatic heterocycles. The van der Waals surface area contributed by atoms with Gasteiger partial charge >= 0.3 is 0 Å². The maximum absolute atomic E-state index is 12.2. The number of carbonyl (C=O) groups is 1. The van der Waals surface area contributed by atoms with Crippen molar-refractivity contribution in [1.29, 1.82) is 0 Å². The zero-order chi connectivity index (χ0) is 14.0. The Bertz CT molecular complexity index is 516. The van der Waals surface area contributed by atoms with Gasteiger partial charge < -0.3 is 15.8 Å². The number of nitrogens with two attached hydrogens (primary N) is 1. The van der Waals surface area contributed by atoms with Gasteiger partial charge in [-0.1, -0.05) is 31.3 Å². The lowest BCUT2D eigenvalue weighted by atomic mass is 10.0. The largest absolute Gasteiger partial charge is 0.389 e. The molecule has 0 saturated carbocycles. The number of ether oxygens (including phenoxy) is 1. The number of rotatable bonds is 3. The van der Waals surface area contributed by atoms with Gasteiger partial charge in [-0.25, -0.2) is 0 Å².